The molecule has 2 saturated carbocycles. The Labute approximate surface area is 199 Å². The third-order valence-electron chi connectivity index (χ3n) is 9.41. The normalized spacial score (nSPS) is 31.0. The van der Waals surface area contributed by atoms with Gasteiger partial charge in [0.05, 0.1) is 9.73 Å². The molecule has 0 radical (unpaired) electrons. The summed E-state index contributed by atoms with van der Waals surface area (Å²) in [5, 5.41) is 0. The van der Waals surface area contributed by atoms with Crippen molar-refractivity contribution in [1.29, 1.82) is 0 Å². The lowest BCUT2D eigenvalue weighted by molar-refractivity contribution is -0.0196. The summed E-state index contributed by atoms with van der Waals surface area (Å²) in [7, 11) is -2.17. The second kappa shape index (κ2) is 10.7. The van der Waals surface area contributed by atoms with Gasteiger partial charge in [-0.25, -0.2) is 8.57 Å². The van der Waals surface area contributed by atoms with Crippen LogP contribution < -0.4 is 0 Å². The van der Waals surface area contributed by atoms with Gasteiger partial charge in [-0.15, -0.1) is 0 Å². The number of benzene rings is 1. The molecule has 0 bridgehead atoms. The van der Waals surface area contributed by atoms with Gasteiger partial charge in [0.15, 0.2) is 8.32 Å². The first kappa shape index (κ1) is 26.0. The topological polar surface area (TPSA) is 38.7 Å². The third kappa shape index (κ3) is 5.05. The highest BCUT2D eigenvalue weighted by molar-refractivity contribution is 7.93. The fourth-order valence-electron chi connectivity index (χ4n) is 7.05. The van der Waals surface area contributed by atoms with E-state index in [0.29, 0.717) is 35.0 Å². The van der Waals surface area contributed by atoms with Gasteiger partial charge in [0.2, 0.25) is 0 Å². The molecule has 0 amide bonds. The second-order valence-electron chi connectivity index (χ2n) is 10.7. The van der Waals surface area contributed by atoms with Crippen molar-refractivity contribution >= 4 is 18.0 Å². The zero-order chi connectivity index (χ0) is 23.4. The van der Waals surface area contributed by atoms with E-state index in [1.54, 1.807) is 7.05 Å². The molecule has 2 aliphatic carbocycles. The summed E-state index contributed by atoms with van der Waals surface area (Å²) in [6.45, 7) is 12.0. The van der Waals surface area contributed by atoms with Gasteiger partial charge in [-0.3, -0.25) is 0 Å². The van der Waals surface area contributed by atoms with Crippen LogP contribution >= 0.6 is 0 Å². The molecule has 0 spiro atoms. The fraction of sp³-hybridized carbons (Fsp3) is 0.778. The van der Waals surface area contributed by atoms with Gasteiger partial charge < -0.3 is 4.43 Å². The van der Waals surface area contributed by atoms with E-state index in [-0.39, 0.29) is 0 Å². The van der Waals surface area contributed by atoms with Gasteiger partial charge in [0.25, 0.3) is 0 Å². The highest BCUT2D eigenvalue weighted by Gasteiger charge is 2.53. The summed E-state index contributed by atoms with van der Waals surface area (Å²) in [4.78, 5) is 0.885. The van der Waals surface area contributed by atoms with E-state index >= 15 is 0 Å². The molecule has 2 aliphatic rings. The average Bonchev–Trinajstić information content (AvgIpc) is 3.19. The van der Waals surface area contributed by atoms with Gasteiger partial charge >= 0.3 is 0 Å². The molecule has 1 aromatic rings. The molecule has 32 heavy (non-hydrogen) atoms. The van der Waals surface area contributed by atoms with Gasteiger partial charge in [0, 0.05) is 23.8 Å². The Morgan fingerprint density at radius 2 is 1.78 bits per heavy atom. The number of rotatable bonds is 10. The molecule has 0 heterocycles. The second-order valence-corrected chi connectivity index (χ2v) is 17.9. The summed E-state index contributed by atoms with van der Waals surface area (Å²) in [5.74, 6) is 2.65. The summed E-state index contributed by atoms with van der Waals surface area (Å²) < 4.78 is 25.0. The van der Waals surface area contributed by atoms with Gasteiger partial charge in [-0.2, -0.15) is 0 Å². The molecule has 6 atom stereocenters. The van der Waals surface area contributed by atoms with Gasteiger partial charge in [-0.1, -0.05) is 59.2 Å². The first-order chi connectivity index (χ1) is 15.3. The zero-order valence-corrected chi connectivity index (χ0v) is 23.3. The number of hydrogen-bond acceptors (Lipinski definition) is 3. The van der Waals surface area contributed by atoms with Crippen LogP contribution in [-0.2, 0) is 14.2 Å². The van der Waals surface area contributed by atoms with Crippen LogP contribution in [-0.4, -0.2) is 31.4 Å². The van der Waals surface area contributed by atoms with Crippen LogP contribution in [0.4, 0.5) is 0 Å². The number of hydrogen-bond donors (Lipinski definition) is 0. The van der Waals surface area contributed by atoms with Gasteiger partial charge in [-0.05, 0) is 85.5 Å². The van der Waals surface area contributed by atoms with E-state index in [4.69, 9.17) is 4.43 Å². The SMILES string of the molecule is CC[Si](CC)(CC)O[C@H]1CCC[C@]2(C)[C@@H]([C@H](C)CCS(=O)(=NC)c3ccccc3)CC[C@@H]12. The van der Waals surface area contributed by atoms with E-state index < -0.39 is 18.0 Å². The molecular formula is C27H47NO2SSi. The van der Waals surface area contributed by atoms with Crippen molar-refractivity contribution in [3.05, 3.63) is 30.3 Å². The lowest BCUT2D eigenvalue weighted by Crippen LogP contribution is -2.48. The maximum Gasteiger partial charge on any atom is 0.192 e. The van der Waals surface area contributed by atoms with Crippen LogP contribution in [0.5, 0.6) is 0 Å². The average molecular weight is 478 g/mol. The van der Waals surface area contributed by atoms with E-state index in [2.05, 4.69) is 39.0 Å². The molecule has 1 unspecified atom stereocenters. The fourth-order valence-corrected chi connectivity index (χ4v) is 11.9. The van der Waals surface area contributed by atoms with Crippen LogP contribution in [0, 0.1) is 23.2 Å². The van der Waals surface area contributed by atoms with Crippen molar-refractivity contribution in [1.82, 2.24) is 0 Å². The Bertz CT molecular complexity index is 838. The lowest BCUT2D eigenvalue weighted by Gasteiger charge is -2.49. The molecule has 0 aliphatic heterocycles. The minimum atomic E-state index is -2.32. The summed E-state index contributed by atoms with van der Waals surface area (Å²) in [6, 6.07) is 13.6. The Morgan fingerprint density at radius 1 is 1.12 bits per heavy atom. The highest BCUT2D eigenvalue weighted by atomic mass is 32.2. The number of fused-ring (bicyclic) bond motifs is 1. The Kier molecular flexibility index (Phi) is 8.71. The zero-order valence-electron chi connectivity index (χ0n) is 21.4. The van der Waals surface area contributed by atoms with Crippen molar-refractivity contribution in [3.63, 3.8) is 0 Å². The predicted molar refractivity (Wildman–Crippen MR) is 140 cm³/mol. The molecule has 3 nitrogen and oxygen atoms in total. The van der Waals surface area contributed by atoms with Crippen molar-refractivity contribution in [2.75, 3.05) is 12.8 Å². The van der Waals surface area contributed by atoms with Crippen LogP contribution in [0.3, 0.4) is 0 Å². The van der Waals surface area contributed by atoms with E-state index in [0.717, 1.165) is 11.3 Å². The van der Waals surface area contributed by atoms with Crippen molar-refractivity contribution < 1.29 is 8.63 Å². The monoisotopic (exact) mass is 477 g/mol. The van der Waals surface area contributed by atoms with Crippen molar-refractivity contribution in [2.45, 2.75) is 102 Å². The summed E-state index contributed by atoms with van der Waals surface area (Å²) >= 11 is 0. The molecule has 0 saturated heterocycles. The van der Waals surface area contributed by atoms with Gasteiger partial charge in [0.1, 0.15) is 0 Å². The molecule has 0 aromatic heterocycles. The van der Waals surface area contributed by atoms with Crippen LogP contribution in [0.25, 0.3) is 0 Å². The van der Waals surface area contributed by atoms with E-state index in [1.807, 2.05) is 30.3 Å². The molecule has 182 valence electrons. The summed E-state index contributed by atoms with van der Waals surface area (Å²) in [6.07, 6.45) is 7.96. The molecule has 1 aromatic carbocycles. The largest absolute Gasteiger partial charge is 0.414 e. The summed E-state index contributed by atoms with van der Waals surface area (Å²) in [5.41, 5.74) is 0.370. The first-order valence-corrected chi connectivity index (χ1v) is 17.3. The minimum Gasteiger partial charge on any atom is -0.414 e. The Hall–Kier alpha value is -0.653. The van der Waals surface area contributed by atoms with Crippen LogP contribution in [0.2, 0.25) is 18.1 Å². The standard InChI is InChI=1S/C27H47NO2SSi/c1-7-32(8-2,9-3)30-26-16-13-20-27(5)24(17-18-25(26)27)22(4)19-21-31(29,28-6)23-14-11-10-12-15-23/h10-12,14-15,22,24-26H,7-9,13,16-21H2,1-6H3/t22-,24-,25+,26+,27-,31?/m1/s1. The number of nitrogens with zero attached hydrogens (tertiary/aromatic N) is 1. The molecular weight excluding hydrogens is 430 g/mol. The third-order valence-corrected chi connectivity index (χ3v) is 16.5. The molecule has 2 fully saturated rings. The van der Waals surface area contributed by atoms with Crippen LogP contribution in [0.1, 0.15) is 73.1 Å². The minimum absolute atomic E-state index is 0.370. The van der Waals surface area contributed by atoms with E-state index in [1.165, 1.54) is 50.2 Å². The molecule has 3 rings (SSSR count). The Morgan fingerprint density at radius 3 is 2.38 bits per heavy atom. The highest BCUT2D eigenvalue weighted by Crippen LogP contribution is 2.59. The predicted octanol–water partition coefficient (Wildman–Crippen LogP) is 7.78. The maximum atomic E-state index is 13.6. The Balaban J connectivity index is 1.71. The molecule has 0 N–H and O–H groups in total. The van der Waals surface area contributed by atoms with Crippen LogP contribution in [0.15, 0.2) is 39.6 Å². The van der Waals surface area contributed by atoms with Crippen molar-refractivity contribution in [2.24, 2.45) is 27.5 Å². The lowest BCUT2D eigenvalue weighted by atomic mass is 9.61. The van der Waals surface area contributed by atoms with E-state index in [9.17, 15) is 4.21 Å². The quantitative estimate of drug-likeness (QED) is 0.323. The maximum absolute atomic E-state index is 13.6. The van der Waals surface area contributed by atoms with Crippen molar-refractivity contribution in [3.8, 4) is 0 Å². The first-order valence-electron chi connectivity index (χ1n) is 13.1. The molecule has 5 heteroatoms. The smallest absolute Gasteiger partial charge is 0.192 e.